The number of amides is 1. The molecule has 25 heavy (non-hydrogen) atoms. The lowest BCUT2D eigenvalue weighted by Crippen LogP contribution is -2.49. The van der Waals surface area contributed by atoms with Gasteiger partial charge in [-0.25, -0.2) is 0 Å². The third-order valence-corrected chi connectivity index (χ3v) is 4.85. The molecule has 0 aromatic heterocycles. The Morgan fingerprint density at radius 3 is 2.68 bits per heavy atom. The van der Waals surface area contributed by atoms with E-state index in [1.54, 1.807) is 24.3 Å². The van der Waals surface area contributed by atoms with Crippen LogP contribution in [0.25, 0.3) is 6.08 Å². The first-order chi connectivity index (χ1) is 12.0. The number of rotatable bonds is 8. The lowest BCUT2D eigenvalue weighted by Gasteiger charge is -2.27. The van der Waals surface area contributed by atoms with Crippen molar-refractivity contribution >= 4 is 46.3 Å². The number of carboxylic acids is 1. The molecule has 0 radical (unpaired) electrons. The molecule has 2 rings (SSSR count). The standard InChI is InChI=1S/C18H19NO4S2/c1-3-5-14(17(21)22)19-16(20)15(25-18(19)24)11-12-6-8-13(9-7-12)23-10-4-2/h4,6-9,11,14H,2-3,5,10H2,1H3,(H,21,22)/p-1/b15-11+/t14-/m1/s1. The average Bonchev–Trinajstić information content (AvgIpc) is 2.86. The van der Waals surface area contributed by atoms with Crippen molar-refractivity contribution in [2.75, 3.05) is 6.61 Å². The van der Waals surface area contributed by atoms with Crippen molar-refractivity contribution in [2.24, 2.45) is 0 Å². The fourth-order valence-corrected chi connectivity index (χ4v) is 3.70. The molecule has 1 heterocycles. The van der Waals surface area contributed by atoms with E-state index in [1.807, 2.05) is 19.1 Å². The normalized spacial score (nSPS) is 17.0. The first-order valence-electron chi connectivity index (χ1n) is 7.79. The molecular formula is C18H18NO4S2-. The minimum atomic E-state index is -1.29. The van der Waals surface area contributed by atoms with Gasteiger partial charge in [-0.1, -0.05) is 62.1 Å². The zero-order chi connectivity index (χ0) is 18.4. The van der Waals surface area contributed by atoms with Crippen LogP contribution in [0.1, 0.15) is 25.3 Å². The van der Waals surface area contributed by atoms with Gasteiger partial charge in [-0.05, 0) is 30.2 Å². The highest BCUT2D eigenvalue weighted by Crippen LogP contribution is 2.34. The topological polar surface area (TPSA) is 69.7 Å². The monoisotopic (exact) mass is 376 g/mol. The van der Waals surface area contributed by atoms with Crippen molar-refractivity contribution in [1.82, 2.24) is 4.90 Å². The van der Waals surface area contributed by atoms with Crippen molar-refractivity contribution < 1.29 is 19.4 Å². The summed E-state index contributed by atoms with van der Waals surface area (Å²) in [4.78, 5) is 25.5. The Morgan fingerprint density at radius 2 is 2.12 bits per heavy atom. The number of nitrogens with zero attached hydrogens (tertiary/aromatic N) is 1. The molecule has 1 fully saturated rings. The summed E-state index contributed by atoms with van der Waals surface area (Å²) in [5.41, 5.74) is 0.798. The first kappa shape index (κ1) is 19.2. The second-order valence-electron chi connectivity index (χ2n) is 5.34. The molecule has 1 aromatic carbocycles. The number of thiocarbonyl (C=S) groups is 1. The number of benzene rings is 1. The summed E-state index contributed by atoms with van der Waals surface area (Å²) in [5, 5.41) is 11.3. The van der Waals surface area contributed by atoms with Crippen LogP contribution in [-0.2, 0) is 9.59 Å². The Morgan fingerprint density at radius 1 is 1.44 bits per heavy atom. The number of carbonyl (C=O) groups is 2. The maximum atomic E-state index is 12.6. The summed E-state index contributed by atoms with van der Waals surface area (Å²) in [6.45, 7) is 5.85. The smallest absolute Gasteiger partial charge is 0.266 e. The Kier molecular flexibility index (Phi) is 6.78. The summed E-state index contributed by atoms with van der Waals surface area (Å²) in [7, 11) is 0. The largest absolute Gasteiger partial charge is 0.548 e. The first-order valence-corrected chi connectivity index (χ1v) is 9.02. The molecule has 1 saturated heterocycles. The number of hydrogen-bond donors (Lipinski definition) is 0. The lowest BCUT2D eigenvalue weighted by molar-refractivity contribution is -0.310. The Labute approximate surface area is 156 Å². The van der Waals surface area contributed by atoms with Gasteiger partial charge in [0.05, 0.1) is 16.9 Å². The number of thioether (sulfide) groups is 1. The van der Waals surface area contributed by atoms with Gasteiger partial charge in [0.2, 0.25) is 0 Å². The summed E-state index contributed by atoms with van der Waals surface area (Å²) in [5.74, 6) is -0.989. The van der Waals surface area contributed by atoms with Crippen LogP contribution >= 0.6 is 24.0 Å². The highest BCUT2D eigenvalue weighted by Gasteiger charge is 2.37. The van der Waals surface area contributed by atoms with E-state index < -0.39 is 17.9 Å². The van der Waals surface area contributed by atoms with E-state index in [9.17, 15) is 14.7 Å². The quantitative estimate of drug-likeness (QED) is 0.394. The van der Waals surface area contributed by atoms with Crippen LogP contribution in [-0.4, -0.2) is 33.7 Å². The number of carboxylic acid groups (broad SMARTS) is 1. The molecule has 1 aliphatic heterocycles. The second kappa shape index (κ2) is 8.82. The zero-order valence-corrected chi connectivity index (χ0v) is 15.4. The Hall–Kier alpha value is -2.12. The third-order valence-electron chi connectivity index (χ3n) is 3.52. The lowest BCUT2D eigenvalue weighted by atomic mass is 10.1. The fraction of sp³-hybridized carbons (Fsp3) is 0.278. The van der Waals surface area contributed by atoms with Gasteiger partial charge in [0.25, 0.3) is 5.91 Å². The molecule has 132 valence electrons. The highest BCUT2D eigenvalue weighted by atomic mass is 32.2. The average molecular weight is 376 g/mol. The summed E-state index contributed by atoms with van der Waals surface area (Å²) in [6, 6.07) is 6.17. The van der Waals surface area contributed by atoms with Crippen molar-refractivity contribution in [3.05, 3.63) is 47.4 Å². The molecule has 0 saturated carbocycles. The fourth-order valence-electron chi connectivity index (χ4n) is 2.34. The van der Waals surface area contributed by atoms with Gasteiger partial charge in [-0.3, -0.25) is 9.69 Å². The maximum Gasteiger partial charge on any atom is 0.266 e. The van der Waals surface area contributed by atoms with E-state index in [0.717, 1.165) is 22.2 Å². The van der Waals surface area contributed by atoms with E-state index in [0.29, 0.717) is 30.1 Å². The SMILES string of the molecule is C=CCOc1ccc(/C=C2/SC(=S)N([C@H](CCC)C(=O)[O-])C2=O)cc1. The molecule has 5 nitrogen and oxygen atoms in total. The van der Waals surface area contributed by atoms with E-state index >= 15 is 0 Å². The van der Waals surface area contributed by atoms with Gasteiger partial charge in [-0.2, -0.15) is 0 Å². The third kappa shape index (κ3) is 4.70. The number of aliphatic carboxylic acids is 1. The summed E-state index contributed by atoms with van der Waals surface area (Å²) < 4.78 is 5.65. The molecule has 0 unspecified atom stereocenters. The molecule has 0 spiro atoms. The molecule has 1 atom stereocenters. The molecule has 0 N–H and O–H groups in total. The Balaban J connectivity index is 2.19. The van der Waals surface area contributed by atoms with Crippen molar-refractivity contribution in [2.45, 2.75) is 25.8 Å². The van der Waals surface area contributed by atoms with Crippen molar-refractivity contribution in [3.63, 3.8) is 0 Å². The molecule has 7 heteroatoms. The van der Waals surface area contributed by atoms with Crippen molar-refractivity contribution in [1.29, 1.82) is 0 Å². The minimum absolute atomic E-state index is 0.241. The minimum Gasteiger partial charge on any atom is -0.548 e. The van der Waals surface area contributed by atoms with Gasteiger partial charge in [0, 0.05) is 0 Å². The number of hydrogen-bond acceptors (Lipinski definition) is 6. The summed E-state index contributed by atoms with van der Waals surface area (Å²) >= 11 is 6.30. The van der Waals surface area contributed by atoms with Gasteiger partial charge in [0.1, 0.15) is 16.7 Å². The van der Waals surface area contributed by atoms with Crippen molar-refractivity contribution in [3.8, 4) is 5.75 Å². The number of ether oxygens (including phenoxy) is 1. The van der Waals surface area contributed by atoms with Gasteiger partial charge in [0.15, 0.2) is 0 Å². The van der Waals surface area contributed by atoms with Gasteiger partial charge in [-0.15, -0.1) is 0 Å². The molecule has 0 bridgehead atoms. The molecule has 1 aromatic rings. The van der Waals surface area contributed by atoms with Crippen LogP contribution < -0.4 is 9.84 Å². The van der Waals surface area contributed by atoms with Crippen LogP contribution in [0.3, 0.4) is 0 Å². The van der Waals surface area contributed by atoms with Crippen LogP contribution in [0, 0.1) is 0 Å². The number of carbonyl (C=O) groups excluding carboxylic acids is 2. The maximum absolute atomic E-state index is 12.6. The van der Waals surface area contributed by atoms with Gasteiger partial charge >= 0.3 is 0 Å². The highest BCUT2D eigenvalue weighted by molar-refractivity contribution is 8.26. The van der Waals surface area contributed by atoms with Crippen LogP contribution in [0.4, 0.5) is 0 Å². The molecule has 1 aliphatic rings. The van der Waals surface area contributed by atoms with E-state index in [-0.39, 0.29) is 4.32 Å². The summed E-state index contributed by atoms with van der Waals surface area (Å²) in [6.07, 6.45) is 4.26. The second-order valence-corrected chi connectivity index (χ2v) is 7.02. The van der Waals surface area contributed by atoms with Crippen LogP contribution in [0.5, 0.6) is 5.75 Å². The van der Waals surface area contributed by atoms with Crippen LogP contribution in [0.15, 0.2) is 41.8 Å². The molecular weight excluding hydrogens is 358 g/mol. The van der Waals surface area contributed by atoms with E-state index in [1.165, 1.54) is 0 Å². The zero-order valence-electron chi connectivity index (χ0n) is 13.8. The van der Waals surface area contributed by atoms with Crippen LogP contribution in [0.2, 0.25) is 0 Å². The predicted molar refractivity (Wildman–Crippen MR) is 101 cm³/mol. The van der Waals surface area contributed by atoms with Gasteiger partial charge < -0.3 is 14.6 Å². The predicted octanol–water partition coefficient (Wildman–Crippen LogP) is 2.37. The van der Waals surface area contributed by atoms with E-state index in [2.05, 4.69) is 6.58 Å². The Bertz CT molecular complexity index is 712. The molecule has 1 amide bonds. The molecule has 0 aliphatic carbocycles. The van der Waals surface area contributed by atoms with E-state index in [4.69, 9.17) is 17.0 Å².